The molecule has 7 heteroatoms. The predicted octanol–water partition coefficient (Wildman–Crippen LogP) is 3.35. The molecule has 7 saturated carbocycles. The maximum absolute atomic E-state index is 11.2. The normalized spacial score (nSPS) is 86.4. The number of alkyl halides is 6. The highest BCUT2D eigenvalue weighted by atomic mass is 35.5. The molecule has 0 aromatic carbocycles. The molecule has 19 heavy (non-hydrogen) atoms. The van der Waals surface area contributed by atoms with Crippen LogP contribution < -0.4 is 0 Å². The van der Waals surface area contributed by atoms with E-state index in [1.807, 2.05) is 0 Å². The molecule has 0 spiro atoms. The molecule has 7 fully saturated rings. The summed E-state index contributed by atoms with van der Waals surface area (Å²) < 4.78 is -1.41. The van der Waals surface area contributed by atoms with Crippen LogP contribution in [0, 0.1) is 29.6 Å². The van der Waals surface area contributed by atoms with E-state index in [1.54, 1.807) is 0 Å². The first-order valence-corrected chi connectivity index (χ1v) is 8.72. The maximum Gasteiger partial charge on any atom is 0.160 e. The molecule has 7 aliphatic rings. The highest BCUT2D eigenvalue weighted by molar-refractivity contribution is 6.65. The van der Waals surface area contributed by atoms with Crippen LogP contribution in [0.4, 0.5) is 0 Å². The largest absolute Gasteiger partial charge is 0.387 e. The van der Waals surface area contributed by atoms with Crippen LogP contribution in [0.2, 0.25) is 0 Å². The molecule has 0 aromatic heterocycles. The van der Waals surface area contributed by atoms with E-state index >= 15 is 0 Å². The Morgan fingerprint density at radius 3 is 2.11 bits per heavy atom. The summed E-state index contributed by atoms with van der Waals surface area (Å²) >= 11 is 40.9. The summed E-state index contributed by atoms with van der Waals surface area (Å²) in [4.78, 5) is -4.39. The molecule has 4 bridgehead atoms. The molecule has 0 saturated heterocycles. The quantitative estimate of drug-likeness (QED) is 0.639. The second kappa shape index (κ2) is 2.39. The number of hydrogen-bond acceptors (Lipinski definition) is 1. The first kappa shape index (κ1) is 12.2. The van der Waals surface area contributed by atoms with Crippen molar-refractivity contribution >= 4 is 69.6 Å². The zero-order valence-corrected chi connectivity index (χ0v) is 13.8. The first-order chi connectivity index (χ1) is 8.59. The van der Waals surface area contributed by atoms with Crippen molar-refractivity contribution in [1.29, 1.82) is 0 Å². The van der Waals surface area contributed by atoms with Gasteiger partial charge in [-0.05, 0) is 30.1 Å². The van der Waals surface area contributed by atoms with Crippen LogP contribution in [0.5, 0.6) is 0 Å². The van der Waals surface area contributed by atoms with Gasteiger partial charge in [-0.2, -0.15) is 0 Å². The minimum atomic E-state index is -1.41. The van der Waals surface area contributed by atoms with Gasteiger partial charge in [-0.25, -0.2) is 0 Å². The van der Waals surface area contributed by atoms with Gasteiger partial charge in [-0.3, -0.25) is 0 Å². The average Bonchev–Trinajstić information content (AvgIpc) is 2.94. The van der Waals surface area contributed by atoms with Gasteiger partial charge in [0.25, 0.3) is 0 Å². The number of halogens is 6. The molecule has 104 valence electrons. The van der Waals surface area contributed by atoms with E-state index in [4.69, 9.17) is 69.6 Å². The van der Waals surface area contributed by atoms with E-state index in [1.165, 1.54) is 0 Å². The summed E-state index contributed by atoms with van der Waals surface area (Å²) in [6.45, 7) is 0. The van der Waals surface area contributed by atoms with Crippen molar-refractivity contribution in [2.24, 2.45) is 29.6 Å². The van der Waals surface area contributed by atoms with Crippen molar-refractivity contribution < 1.29 is 5.11 Å². The maximum atomic E-state index is 11.2. The molecule has 10 atom stereocenters. The van der Waals surface area contributed by atoms with Gasteiger partial charge in [0.05, 0.1) is 10.5 Å². The van der Waals surface area contributed by atoms with Gasteiger partial charge in [0.2, 0.25) is 0 Å². The van der Waals surface area contributed by atoms with Gasteiger partial charge < -0.3 is 5.11 Å². The van der Waals surface area contributed by atoms with Gasteiger partial charge in [0, 0.05) is 5.92 Å². The van der Waals surface area contributed by atoms with Gasteiger partial charge in [-0.15, -0.1) is 46.4 Å². The van der Waals surface area contributed by atoms with Crippen LogP contribution in [-0.4, -0.2) is 34.5 Å². The lowest BCUT2D eigenvalue weighted by molar-refractivity contribution is -0.143. The van der Waals surface area contributed by atoms with Crippen molar-refractivity contribution in [2.45, 2.75) is 35.9 Å². The van der Waals surface area contributed by atoms with Crippen LogP contribution in [-0.2, 0) is 0 Å². The molecule has 0 unspecified atom stereocenters. The van der Waals surface area contributed by atoms with Crippen molar-refractivity contribution in [3.63, 3.8) is 0 Å². The van der Waals surface area contributed by atoms with Gasteiger partial charge in [0.15, 0.2) is 4.33 Å². The zero-order valence-electron chi connectivity index (χ0n) is 9.31. The smallest absolute Gasteiger partial charge is 0.160 e. The number of hydrogen-bond donors (Lipinski definition) is 1. The van der Waals surface area contributed by atoms with Gasteiger partial charge in [-0.1, -0.05) is 23.2 Å². The van der Waals surface area contributed by atoms with Crippen molar-refractivity contribution in [2.75, 3.05) is 0 Å². The molecule has 0 heterocycles. The second-order valence-electron chi connectivity index (χ2n) is 7.23. The Morgan fingerprint density at radius 1 is 0.842 bits per heavy atom. The van der Waals surface area contributed by atoms with Gasteiger partial charge in [0.1, 0.15) is 14.6 Å². The molecular weight excluding hydrogens is 373 g/mol. The molecule has 1 nitrogen and oxygen atoms in total. The van der Waals surface area contributed by atoms with E-state index in [0.29, 0.717) is 0 Å². The van der Waals surface area contributed by atoms with E-state index in [0.717, 1.165) is 6.42 Å². The molecule has 0 radical (unpaired) electrons. The Labute approximate surface area is 139 Å². The topological polar surface area (TPSA) is 20.2 Å². The lowest BCUT2D eigenvalue weighted by Gasteiger charge is -2.64. The molecular formula is C12H8Cl6O. The summed E-state index contributed by atoms with van der Waals surface area (Å²) in [5, 5.41) is 11.2. The van der Waals surface area contributed by atoms with Crippen LogP contribution in [0.3, 0.4) is 0 Å². The Bertz CT molecular complexity index is 609. The summed E-state index contributed by atoms with van der Waals surface area (Å²) in [6, 6.07) is 0. The van der Waals surface area contributed by atoms with Crippen molar-refractivity contribution in [3.8, 4) is 0 Å². The Morgan fingerprint density at radius 2 is 1.47 bits per heavy atom. The SMILES string of the molecule is O[C@@]12[C@@H]3C[C@H]4[C@H]5[C@H]3[C@]3(Cl)C(Cl)(Cl)[C@@]5(Cl)[C@@](Cl)([C@H]41)[C@]23Cl. The fourth-order valence-corrected chi connectivity index (χ4v) is 12.2. The third-order valence-electron chi connectivity index (χ3n) is 7.62. The monoisotopic (exact) mass is 378 g/mol. The molecule has 0 aliphatic heterocycles. The minimum Gasteiger partial charge on any atom is -0.387 e. The van der Waals surface area contributed by atoms with Crippen LogP contribution >= 0.6 is 69.6 Å². The van der Waals surface area contributed by atoms with Crippen LogP contribution in [0.1, 0.15) is 6.42 Å². The van der Waals surface area contributed by atoms with Crippen molar-refractivity contribution in [3.05, 3.63) is 0 Å². The minimum absolute atomic E-state index is 0.0280. The van der Waals surface area contributed by atoms with Crippen LogP contribution in [0.25, 0.3) is 0 Å². The molecule has 1 N–H and O–H groups in total. The van der Waals surface area contributed by atoms with E-state index in [2.05, 4.69) is 0 Å². The third kappa shape index (κ3) is 0.552. The summed E-state index contributed by atoms with van der Waals surface area (Å²) in [6.07, 6.45) is 0.895. The Kier molecular flexibility index (Phi) is 1.53. The Hall–Kier alpha value is 1.70. The fourth-order valence-electron chi connectivity index (χ4n) is 7.65. The van der Waals surface area contributed by atoms with E-state index in [-0.39, 0.29) is 29.6 Å². The van der Waals surface area contributed by atoms with E-state index < -0.39 is 29.4 Å². The van der Waals surface area contributed by atoms with Gasteiger partial charge >= 0.3 is 0 Å². The molecule has 7 rings (SSSR count). The lowest BCUT2D eigenvalue weighted by Crippen LogP contribution is -2.82. The van der Waals surface area contributed by atoms with E-state index in [9.17, 15) is 5.11 Å². The molecule has 7 aliphatic carbocycles. The lowest BCUT2D eigenvalue weighted by atomic mass is 9.54. The molecule has 0 amide bonds. The van der Waals surface area contributed by atoms with Crippen molar-refractivity contribution in [1.82, 2.24) is 0 Å². The zero-order chi connectivity index (χ0) is 13.6. The van der Waals surface area contributed by atoms with Crippen LogP contribution in [0.15, 0.2) is 0 Å². The fraction of sp³-hybridized carbons (Fsp3) is 1.00. The average molecular weight is 381 g/mol. The highest BCUT2D eigenvalue weighted by Crippen LogP contribution is 3.04. The highest BCUT2D eigenvalue weighted by Gasteiger charge is 3.15. The third-order valence-corrected chi connectivity index (χ3v) is 12.9. The summed E-state index contributed by atoms with van der Waals surface area (Å²) in [5.41, 5.74) is -1.05. The predicted molar refractivity (Wildman–Crippen MR) is 75.8 cm³/mol. The number of aliphatic hydroxyl groups is 1. The summed E-state index contributed by atoms with van der Waals surface area (Å²) in [5.74, 6) is 0.211. The Balaban J connectivity index is 1.88. The second-order valence-corrected chi connectivity index (χ2v) is 10.9. The first-order valence-electron chi connectivity index (χ1n) is 6.45. The summed E-state index contributed by atoms with van der Waals surface area (Å²) in [7, 11) is 0. The standard InChI is InChI=1S/C12H8Cl6O/c13-8-4-2-1-3-5(4)9(14,12(8,17)18)11(16)7(3,19)6(2)10(8,11)15/h2-6,19H,1H2/t2-,3+,4-,5-,6+,7-,8-,9+,10-,11-/m0/s1. The number of rotatable bonds is 0. The molecule has 0 aromatic rings.